The van der Waals surface area contributed by atoms with E-state index in [9.17, 15) is 4.79 Å². The summed E-state index contributed by atoms with van der Waals surface area (Å²) >= 11 is 1.91. The van der Waals surface area contributed by atoms with Crippen molar-refractivity contribution in [1.82, 2.24) is 4.90 Å². The molecule has 1 aliphatic carbocycles. The Balaban J connectivity index is 1.92. The Hall–Kier alpha value is -0.220. The van der Waals surface area contributed by atoms with Crippen LogP contribution in [0.25, 0.3) is 0 Å². The molecule has 116 valence electrons. The summed E-state index contributed by atoms with van der Waals surface area (Å²) in [5, 5.41) is 9.09. The Morgan fingerprint density at radius 3 is 2.45 bits per heavy atom. The zero-order valence-corrected chi connectivity index (χ0v) is 13.9. The van der Waals surface area contributed by atoms with Crippen LogP contribution in [0.4, 0.5) is 0 Å². The van der Waals surface area contributed by atoms with E-state index in [0.29, 0.717) is 17.9 Å². The highest BCUT2D eigenvalue weighted by atomic mass is 32.2. The van der Waals surface area contributed by atoms with E-state index in [-0.39, 0.29) is 6.04 Å². The molecule has 0 aromatic rings. The van der Waals surface area contributed by atoms with Gasteiger partial charge >= 0.3 is 5.97 Å². The van der Waals surface area contributed by atoms with Crippen molar-refractivity contribution in [2.24, 2.45) is 11.3 Å². The monoisotopic (exact) mass is 299 g/mol. The second-order valence-electron chi connectivity index (χ2n) is 7.44. The van der Waals surface area contributed by atoms with Gasteiger partial charge in [0.1, 0.15) is 0 Å². The third-order valence-corrected chi connectivity index (χ3v) is 6.17. The maximum absolute atomic E-state index is 11.0. The number of thioether (sulfide) groups is 1. The van der Waals surface area contributed by atoms with Crippen LogP contribution in [0.15, 0.2) is 0 Å². The second-order valence-corrected chi connectivity index (χ2v) is 8.59. The first-order valence-corrected chi connectivity index (χ1v) is 9.08. The first kappa shape index (κ1) is 16.2. The Labute approximate surface area is 127 Å². The van der Waals surface area contributed by atoms with Crippen molar-refractivity contribution in [1.29, 1.82) is 0 Å². The van der Waals surface area contributed by atoms with Crippen LogP contribution in [0.5, 0.6) is 0 Å². The molecule has 0 spiro atoms. The van der Waals surface area contributed by atoms with E-state index in [0.717, 1.165) is 24.0 Å². The molecule has 0 radical (unpaired) electrons. The van der Waals surface area contributed by atoms with Crippen LogP contribution in [0.1, 0.15) is 52.9 Å². The maximum Gasteiger partial charge on any atom is 0.304 e. The fourth-order valence-corrected chi connectivity index (χ4v) is 4.89. The van der Waals surface area contributed by atoms with Gasteiger partial charge in [0.2, 0.25) is 0 Å². The highest BCUT2D eigenvalue weighted by molar-refractivity contribution is 7.99. The van der Waals surface area contributed by atoms with E-state index in [1.165, 1.54) is 25.7 Å². The Morgan fingerprint density at radius 1 is 1.25 bits per heavy atom. The molecule has 1 heterocycles. The van der Waals surface area contributed by atoms with Crippen molar-refractivity contribution in [3.8, 4) is 0 Å². The lowest BCUT2D eigenvalue weighted by Gasteiger charge is -2.45. The van der Waals surface area contributed by atoms with Gasteiger partial charge < -0.3 is 5.11 Å². The lowest BCUT2D eigenvalue weighted by atomic mass is 9.71. The summed E-state index contributed by atoms with van der Waals surface area (Å²) in [5.74, 6) is 2.34. The number of hydrogen-bond acceptors (Lipinski definition) is 3. The predicted octanol–water partition coefficient (Wildman–Crippen LogP) is 3.48. The molecule has 0 amide bonds. The molecule has 2 aliphatic rings. The zero-order valence-electron chi connectivity index (χ0n) is 13.1. The topological polar surface area (TPSA) is 40.5 Å². The van der Waals surface area contributed by atoms with Gasteiger partial charge in [-0.2, -0.15) is 11.8 Å². The second kappa shape index (κ2) is 6.69. The van der Waals surface area contributed by atoms with Crippen LogP contribution in [-0.2, 0) is 4.79 Å². The molecule has 0 bridgehead atoms. The molecule has 3 nitrogen and oxygen atoms in total. The van der Waals surface area contributed by atoms with Crippen LogP contribution >= 0.6 is 11.8 Å². The lowest BCUT2D eigenvalue weighted by Crippen LogP contribution is -2.50. The molecule has 1 unspecified atom stereocenters. The Bertz CT molecular complexity index is 332. The van der Waals surface area contributed by atoms with Gasteiger partial charge in [-0.15, -0.1) is 0 Å². The number of carboxylic acid groups (broad SMARTS) is 1. The molecular weight excluding hydrogens is 270 g/mol. The van der Waals surface area contributed by atoms with Crippen LogP contribution in [0.2, 0.25) is 0 Å². The fourth-order valence-electron chi connectivity index (χ4n) is 3.80. The van der Waals surface area contributed by atoms with Gasteiger partial charge in [-0.3, -0.25) is 9.69 Å². The maximum atomic E-state index is 11.0. The van der Waals surface area contributed by atoms with Crippen molar-refractivity contribution >= 4 is 17.7 Å². The van der Waals surface area contributed by atoms with Crippen molar-refractivity contribution in [3.05, 3.63) is 0 Å². The average molecular weight is 299 g/mol. The van der Waals surface area contributed by atoms with Gasteiger partial charge in [-0.1, -0.05) is 20.8 Å². The first-order chi connectivity index (χ1) is 9.38. The number of nitrogens with zero attached hydrogens (tertiary/aromatic N) is 1. The standard InChI is InChI=1S/C16H29NO2S/c1-16(2,3)12-4-6-13(7-5-12)17-8-9-20-11-14(17)10-15(18)19/h12-14H,4-11H2,1-3H3,(H,18,19). The van der Waals surface area contributed by atoms with Crippen LogP contribution in [-0.4, -0.2) is 46.1 Å². The summed E-state index contributed by atoms with van der Waals surface area (Å²) in [6.07, 6.45) is 5.42. The van der Waals surface area contributed by atoms with E-state index in [4.69, 9.17) is 5.11 Å². The van der Waals surface area contributed by atoms with Gasteiger partial charge in [-0.25, -0.2) is 0 Å². The van der Waals surface area contributed by atoms with Crippen LogP contribution in [0, 0.1) is 11.3 Å². The SMILES string of the molecule is CC(C)(C)C1CCC(N2CCSCC2CC(=O)O)CC1. The fraction of sp³-hybridized carbons (Fsp3) is 0.938. The molecular formula is C16H29NO2S. The summed E-state index contributed by atoms with van der Waals surface area (Å²) in [5.41, 5.74) is 0.420. The van der Waals surface area contributed by atoms with E-state index in [1.54, 1.807) is 0 Å². The van der Waals surface area contributed by atoms with E-state index < -0.39 is 5.97 Å². The van der Waals surface area contributed by atoms with Gasteiger partial charge in [0, 0.05) is 30.1 Å². The molecule has 4 heteroatoms. The van der Waals surface area contributed by atoms with Crippen molar-refractivity contribution in [2.75, 3.05) is 18.1 Å². The highest BCUT2D eigenvalue weighted by Crippen LogP contribution is 2.40. The molecule has 1 atom stereocenters. The largest absolute Gasteiger partial charge is 0.481 e. The molecule has 1 saturated carbocycles. The molecule has 1 N–H and O–H groups in total. The van der Waals surface area contributed by atoms with Crippen LogP contribution in [0.3, 0.4) is 0 Å². The Kier molecular flexibility index (Phi) is 5.41. The first-order valence-electron chi connectivity index (χ1n) is 7.93. The van der Waals surface area contributed by atoms with Gasteiger partial charge in [0.25, 0.3) is 0 Å². The summed E-state index contributed by atoms with van der Waals surface area (Å²) in [4.78, 5) is 13.6. The number of hydrogen-bond donors (Lipinski definition) is 1. The highest BCUT2D eigenvalue weighted by Gasteiger charge is 2.35. The molecule has 0 aromatic heterocycles. The quantitative estimate of drug-likeness (QED) is 0.866. The van der Waals surface area contributed by atoms with E-state index in [1.807, 2.05) is 11.8 Å². The summed E-state index contributed by atoms with van der Waals surface area (Å²) in [6, 6.07) is 0.876. The van der Waals surface area contributed by atoms with E-state index in [2.05, 4.69) is 25.7 Å². The normalized spacial score (nSPS) is 33.0. The van der Waals surface area contributed by atoms with E-state index >= 15 is 0 Å². The molecule has 0 aromatic carbocycles. The Morgan fingerprint density at radius 2 is 1.90 bits per heavy atom. The number of carboxylic acids is 1. The third kappa shape index (κ3) is 4.14. The smallest absolute Gasteiger partial charge is 0.304 e. The third-order valence-electron chi connectivity index (χ3n) is 5.07. The van der Waals surface area contributed by atoms with Gasteiger partial charge in [0.05, 0.1) is 6.42 Å². The molecule has 2 rings (SSSR count). The average Bonchev–Trinajstić information content (AvgIpc) is 2.38. The lowest BCUT2D eigenvalue weighted by molar-refractivity contribution is -0.138. The van der Waals surface area contributed by atoms with Crippen molar-refractivity contribution < 1.29 is 9.90 Å². The summed E-state index contributed by atoms with van der Waals surface area (Å²) in [6.45, 7) is 8.13. The van der Waals surface area contributed by atoms with Crippen molar-refractivity contribution in [2.45, 2.75) is 65.0 Å². The molecule has 20 heavy (non-hydrogen) atoms. The minimum Gasteiger partial charge on any atom is -0.481 e. The molecule has 1 saturated heterocycles. The predicted molar refractivity (Wildman–Crippen MR) is 85.3 cm³/mol. The number of carbonyl (C=O) groups is 1. The summed E-state index contributed by atoms with van der Waals surface area (Å²) in [7, 11) is 0. The number of rotatable bonds is 3. The minimum absolute atomic E-state index is 0.252. The van der Waals surface area contributed by atoms with Gasteiger partial charge in [-0.05, 0) is 37.0 Å². The molecule has 2 fully saturated rings. The minimum atomic E-state index is -0.647. The van der Waals surface area contributed by atoms with Crippen LogP contribution < -0.4 is 0 Å². The zero-order chi connectivity index (χ0) is 14.8. The number of aliphatic carboxylic acids is 1. The molecule has 1 aliphatic heterocycles. The summed E-state index contributed by atoms with van der Waals surface area (Å²) < 4.78 is 0. The van der Waals surface area contributed by atoms with Crippen molar-refractivity contribution in [3.63, 3.8) is 0 Å². The van der Waals surface area contributed by atoms with Gasteiger partial charge in [0.15, 0.2) is 0 Å².